The van der Waals surface area contributed by atoms with Crippen LogP contribution in [0, 0.1) is 0 Å². The van der Waals surface area contributed by atoms with Crippen molar-refractivity contribution in [2.24, 2.45) is 0 Å². The summed E-state index contributed by atoms with van der Waals surface area (Å²) in [5.74, 6) is -0.0192. The van der Waals surface area contributed by atoms with Gasteiger partial charge < -0.3 is 0 Å². The van der Waals surface area contributed by atoms with E-state index in [9.17, 15) is 13.2 Å². The summed E-state index contributed by atoms with van der Waals surface area (Å²) in [4.78, 5) is 10.4. The fraction of sp³-hybridized carbons (Fsp3) is 0.222. The highest BCUT2D eigenvalue weighted by atomic mass is 32.2. The van der Waals surface area contributed by atoms with Crippen molar-refractivity contribution in [1.82, 2.24) is 0 Å². The van der Waals surface area contributed by atoms with E-state index in [-0.39, 0.29) is 5.75 Å². The van der Waals surface area contributed by atoms with Crippen LogP contribution < -0.4 is 0 Å². The molecule has 0 unspecified atom stereocenters. The molecule has 0 aliphatic rings. The summed E-state index contributed by atoms with van der Waals surface area (Å²) < 4.78 is 21.8. The van der Waals surface area contributed by atoms with E-state index in [1.807, 2.05) is 0 Å². The van der Waals surface area contributed by atoms with Gasteiger partial charge in [-0.3, -0.25) is 4.79 Å². The quantitative estimate of drug-likeness (QED) is 0.682. The summed E-state index contributed by atoms with van der Waals surface area (Å²) in [6.45, 7) is 0. The number of carbonyl (C=O) groups excluding carboxylic acids is 1. The summed E-state index contributed by atoms with van der Waals surface area (Å²) in [6, 6.07) is 6.57. The number of hydrogen-bond donors (Lipinski definition) is 0. The van der Waals surface area contributed by atoms with Crippen LogP contribution >= 0.6 is 0 Å². The predicted molar refractivity (Wildman–Crippen MR) is 50.4 cm³/mol. The van der Waals surface area contributed by atoms with Crippen LogP contribution in [0.4, 0.5) is 0 Å². The third kappa shape index (κ3) is 3.38. The number of carbonyl (C=O) groups is 1. The van der Waals surface area contributed by atoms with Crippen molar-refractivity contribution in [3.8, 4) is 0 Å². The van der Waals surface area contributed by atoms with Gasteiger partial charge >= 0.3 is 0 Å². The minimum absolute atomic E-state index is 0.0192. The Morgan fingerprint density at radius 3 is 2.62 bits per heavy atom. The number of benzene rings is 1. The Morgan fingerprint density at radius 1 is 1.38 bits per heavy atom. The minimum Gasteiger partial charge on any atom is -0.298 e. The van der Waals surface area contributed by atoms with Crippen molar-refractivity contribution in [3.63, 3.8) is 0 Å². The molecule has 0 aliphatic carbocycles. The van der Waals surface area contributed by atoms with Crippen LogP contribution in [0.5, 0.6) is 0 Å². The predicted octanol–water partition coefficient (Wildman–Crippen LogP) is 1.04. The van der Waals surface area contributed by atoms with E-state index in [0.29, 0.717) is 17.4 Å². The van der Waals surface area contributed by atoms with Crippen LogP contribution in [-0.4, -0.2) is 21.0 Å². The third-order valence-corrected chi connectivity index (χ3v) is 2.37. The van der Waals surface area contributed by atoms with Crippen LogP contribution in [0.3, 0.4) is 0 Å². The van der Waals surface area contributed by atoms with E-state index in [1.54, 1.807) is 24.3 Å². The number of sulfone groups is 1. The van der Waals surface area contributed by atoms with E-state index < -0.39 is 9.84 Å². The molecule has 13 heavy (non-hydrogen) atoms. The Labute approximate surface area is 77.3 Å². The zero-order chi connectivity index (χ0) is 9.90. The molecule has 0 fully saturated rings. The lowest BCUT2D eigenvalue weighted by molar-refractivity contribution is 0.112. The first kappa shape index (κ1) is 9.92. The molecule has 0 aliphatic heterocycles. The standard InChI is InChI=1S/C9H10O3S/c1-13(11,12)7-9-4-2-3-8(5-9)6-10/h2-6H,7H2,1H3. The zero-order valence-electron chi connectivity index (χ0n) is 7.23. The van der Waals surface area contributed by atoms with Gasteiger partial charge in [0.05, 0.1) is 5.75 Å². The summed E-state index contributed by atoms with van der Waals surface area (Å²) in [5, 5.41) is 0. The van der Waals surface area contributed by atoms with Gasteiger partial charge in [-0.2, -0.15) is 0 Å². The molecule has 0 saturated carbocycles. The number of rotatable bonds is 3. The summed E-state index contributed by atoms with van der Waals surface area (Å²) in [7, 11) is -3.02. The SMILES string of the molecule is CS(=O)(=O)Cc1cccc(C=O)c1. The van der Waals surface area contributed by atoms with E-state index >= 15 is 0 Å². The lowest BCUT2D eigenvalue weighted by Crippen LogP contribution is -2.00. The van der Waals surface area contributed by atoms with Gasteiger partial charge in [0, 0.05) is 11.8 Å². The van der Waals surface area contributed by atoms with Gasteiger partial charge in [-0.15, -0.1) is 0 Å². The molecule has 4 heteroatoms. The van der Waals surface area contributed by atoms with Crippen molar-refractivity contribution in [2.45, 2.75) is 5.75 Å². The topological polar surface area (TPSA) is 51.2 Å². The maximum Gasteiger partial charge on any atom is 0.151 e. The molecule has 0 saturated heterocycles. The molecule has 0 aromatic heterocycles. The molecule has 0 bridgehead atoms. The number of hydrogen-bond acceptors (Lipinski definition) is 3. The monoisotopic (exact) mass is 198 g/mol. The lowest BCUT2D eigenvalue weighted by atomic mass is 10.2. The molecular formula is C9H10O3S. The van der Waals surface area contributed by atoms with Gasteiger partial charge in [-0.05, 0) is 11.6 Å². The lowest BCUT2D eigenvalue weighted by Gasteiger charge is -1.99. The molecule has 0 heterocycles. The normalized spacial score (nSPS) is 11.2. The first-order valence-corrected chi connectivity index (χ1v) is 5.79. The van der Waals surface area contributed by atoms with Crippen LogP contribution in [0.1, 0.15) is 15.9 Å². The van der Waals surface area contributed by atoms with Gasteiger partial charge in [0.2, 0.25) is 0 Å². The van der Waals surface area contributed by atoms with Crippen LogP contribution in [0.25, 0.3) is 0 Å². The maximum atomic E-state index is 10.9. The molecule has 0 radical (unpaired) electrons. The Morgan fingerprint density at radius 2 is 2.08 bits per heavy atom. The largest absolute Gasteiger partial charge is 0.298 e. The van der Waals surface area contributed by atoms with Crippen molar-refractivity contribution in [3.05, 3.63) is 35.4 Å². The molecule has 0 N–H and O–H groups in total. The average Bonchev–Trinajstić information content (AvgIpc) is 2.01. The molecule has 0 spiro atoms. The smallest absolute Gasteiger partial charge is 0.151 e. The summed E-state index contributed by atoms with van der Waals surface area (Å²) >= 11 is 0. The second-order valence-corrected chi connectivity index (χ2v) is 5.07. The zero-order valence-corrected chi connectivity index (χ0v) is 8.04. The molecule has 0 atom stereocenters. The Balaban J connectivity index is 2.96. The van der Waals surface area contributed by atoms with Gasteiger partial charge in [0.25, 0.3) is 0 Å². The molecule has 1 aromatic carbocycles. The Kier molecular flexibility index (Phi) is 2.83. The van der Waals surface area contributed by atoms with Gasteiger partial charge in [0.1, 0.15) is 6.29 Å². The van der Waals surface area contributed by atoms with E-state index in [1.165, 1.54) is 6.26 Å². The fourth-order valence-corrected chi connectivity index (χ4v) is 1.84. The molecule has 70 valence electrons. The second-order valence-electron chi connectivity index (χ2n) is 2.93. The molecule has 1 rings (SSSR count). The summed E-state index contributed by atoms with van der Waals surface area (Å²) in [5.41, 5.74) is 1.15. The van der Waals surface area contributed by atoms with Crippen molar-refractivity contribution in [2.75, 3.05) is 6.26 Å². The molecular weight excluding hydrogens is 188 g/mol. The molecule has 3 nitrogen and oxygen atoms in total. The van der Waals surface area contributed by atoms with Crippen LogP contribution in [0.15, 0.2) is 24.3 Å². The minimum atomic E-state index is -3.02. The Bertz CT molecular complexity index is 407. The summed E-state index contributed by atoms with van der Waals surface area (Å²) in [6.07, 6.45) is 1.87. The average molecular weight is 198 g/mol. The number of aldehydes is 1. The highest BCUT2D eigenvalue weighted by Crippen LogP contribution is 2.06. The second kappa shape index (κ2) is 3.70. The highest BCUT2D eigenvalue weighted by molar-refractivity contribution is 7.89. The fourth-order valence-electron chi connectivity index (χ4n) is 1.06. The van der Waals surface area contributed by atoms with Gasteiger partial charge in [-0.25, -0.2) is 8.42 Å². The van der Waals surface area contributed by atoms with Crippen LogP contribution in [-0.2, 0) is 15.6 Å². The molecule has 0 amide bonds. The van der Waals surface area contributed by atoms with Gasteiger partial charge in [-0.1, -0.05) is 18.2 Å². The van der Waals surface area contributed by atoms with E-state index in [0.717, 1.165) is 0 Å². The maximum absolute atomic E-state index is 10.9. The van der Waals surface area contributed by atoms with Crippen molar-refractivity contribution >= 4 is 16.1 Å². The van der Waals surface area contributed by atoms with E-state index in [4.69, 9.17) is 0 Å². The molecule has 1 aromatic rings. The van der Waals surface area contributed by atoms with Gasteiger partial charge in [0.15, 0.2) is 9.84 Å². The highest BCUT2D eigenvalue weighted by Gasteiger charge is 2.04. The third-order valence-electron chi connectivity index (χ3n) is 1.52. The first-order chi connectivity index (χ1) is 6.01. The Hall–Kier alpha value is -1.16. The van der Waals surface area contributed by atoms with Crippen molar-refractivity contribution < 1.29 is 13.2 Å². The van der Waals surface area contributed by atoms with E-state index in [2.05, 4.69) is 0 Å². The van der Waals surface area contributed by atoms with Crippen LogP contribution in [0.2, 0.25) is 0 Å². The van der Waals surface area contributed by atoms with Crippen molar-refractivity contribution in [1.29, 1.82) is 0 Å². The first-order valence-electron chi connectivity index (χ1n) is 3.73.